The van der Waals surface area contributed by atoms with E-state index in [2.05, 4.69) is 12.2 Å². The molecule has 15 heavy (non-hydrogen) atoms. The summed E-state index contributed by atoms with van der Waals surface area (Å²) in [7, 11) is 3.31. The normalized spacial score (nSPS) is 17.9. The van der Waals surface area contributed by atoms with Gasteiger partial charge in [-0.25, -0.2) is 0 Å². The molecule has 0 saturated carbocycles. The molecule has 1 aromatic rings. The molecule has 0 aromatic heterocycles. The van der Waals surface area contributed by atoms with Crippen LogP contribution in [-0.4, -0.2) is 14.2 Å². The van der Waals surface area contributed by atoms with Gasteiger partial charge in [0.05, 0.1) is 14.2 Å². The lowest BCUT2D eigenvalue weighted by molar-refractivity contribution is 0.354. The quantitative estimate of drug-likeness (QED) is 0.803. The molecule has 0 spiro atoms. The van der Waals surface area contributed by atoms with Gasteiger partial charge in [-0.3, -0.25) is 0 Å². The van der Waals surface area contributed by atoms with E-state index in [9.17, 15) is 0 Å². The molecule has 0 aliphatic carbocycles. The van der Waals surface area contributed by atoms with Gasteiger partial charge in [-0.2, -0.15) is 0 Å². The Morgan fingerprint density at radius 3 is 2.47 bits per heavy atom. The third-order valence-electron chi connectivity index (χ3n) is 2.66. The molecule has 0 fully saturated rings. The molecule has 1 unspecified atom stereocenters. The average Bonchev–Trinajstić information content (AvgIpc) is 2.28. The lowest BCUT2D eigenvalue weighted by atomic mass is 9.98. The van der Waals surface area contributed by atoms with Crippen molar-refractivity contribution in [3.05, 3.63) is 29.5 Å². The summed E-state index contributed by atoms with van der Waals surface area (Å²) >= 11 is 0. The number of nitrogens with one attached hydrogen (secondary N) is 1. The highest BCUT2D eigenvalue weighted by Gasteiger charge is 2.15. The third-order valence-corrected chi connectivity index (χ3v) is 2.66. The summed E-state index contributed by atoms with van der Waals surface area (Å²) < 4.78 is 10.5. The molecule has 1 aliphatic rings. The molecule has 1 aromatic carbocycles. The Kier molecular flexibility index (Phi) is 2.54. The summed E-state index contributed by atoms with van der Waals surface area (Å²) in [4.78, 5) is 0. The Balaban J connectivity index is 2.54. The second kappa shape index (κ2) is 3.85. The number of methoxy groups -OCH3 is 2. The summed E-state index contributed by atoms with van der Waals surface area (Å²) in [5, 5.41) is 3.25. The first-order chi connectivity index (χ1) is 7.26. The van der Waals surface area contributed by atoms with Crippen molar-refractivity contribution in [2.45, 2.75) is 13.0 Å². The first-order valence-corrected chi connectivity index (χ1v) is 4.94. The highest BCUT2D eigenvalue weighted by molar-refractivity contribution is 5.62. The average molecular weight is 205 g/mol. The van der Waals surface area contributed by atoms with E-state index in [0.717, 1.165) is 11.5 Å². The van der Waals surface area contributed by atoms with Crippen LogP contribution in [0.4, 0.5) is 0 Å². The smallest absolute Gasteiger partial charge is 0.161 e. The third kappa shape index (κ3) is 1.65. The topological polar surface area (TPSA) is 30.5 Å². The van der Waals surface area contributed by atoms with Crippen LogP contribution < -0.4 is 14.8 Å². The van der Waals surface area contributed by atoms with Gasteiger partial charge >= 0.3 is 0 Å². The molecular formula is C12H15NO2. The monoisotopic (exact) mass is 205 g/mol. The minimum absolute atomic E-state index is 0.310. The SMILES string of the molecule is COc1cc2c(cc1OC)C(C)NC=C2. The van der Waals surface area contributed by atoms with Crippen LogP contribution in [0.3, 0.4) is 0 Å². The summed E-state index contributed by atoms with van der Waals surface area (Å²) in [6, 6.07) is 4.34. The van der Waals surface area contributed by atoms with Crippen LogP contribution in [0.25, 0.3) is 6.08 Å². The first-order valence-electron chi connectivity index (χ1n) is 4.94. The van der Waals surface area contributed by atoms with E-state index in [1.165, 1.54) is 11.1 Å². The van der Waals surface area contributed by atoms with E-state index in [1.54, 1.807) is 14.2 Å². The zero-order valence-corrected chi connectivity index (χ0v) is 9.20. The predicted molar refractivity (Wildman–Crippen MR) is 60.1 cm³/mol. The van der Waals surface area contributed by atoms with Crippen molar-refractivity contribution in [3.8, 4) is 11.5 Å². The molecule has 1 N–H and O–H groups in total. The van der Waals surface area contributed by atoms with E-state index in [4.69, 9.17) is 9.47 Å². The van der Waals surface area contributed by atoms with Crippen LogP contribution in [-0.2, 0) is 0 Å². The molecule has 0 radical (unpaired) electrons. The highest BCUT2D eigenvalue weighted by Crippen LogP contribution is 2.35. The van der Waals surface area contributed by atoms with Gasteiger partial charge in [-0.15, -0.1) is 0 Å². The Morgan fingerprint density at radius 2 is 1.80 bits per heavy atom. The number of ether oxygens (including phenoxy) is 2. The molecule has 3 heteroatoms. The van der Waals surface area contributed by atoms with Crippen LogP contribution in [0.5, 0.6) is 11.5 Å². The maximum absolute atomic E-state index is 5.27. The number of rotatable bonds is 2. The molecule has 3 nitrogen and oxygen atoms in total. The van der Waals surface area contributed by atoms with Crippen LogP contribution in [0.2, 0.25) is 0 Å². The molecule has 0 amide bonds. The second-order valence-corrected chi connectivity index (χ2v) is 3.56. The molecule has 1 heterocycles. The van der Waals surface area contributed by atoms with E-state index >= 15 is 0 Å². The van der Waals surface area contributed by atoms with Crippen molar-refractivity contribution in [2.24, 2.45) is 0 Å². The van der Waals surface area contributed by atoms with Crippen molar-refractivity contribution in [2.75, 3.05) is 14.2 Å². The summed E-state index contributed by atoms with van der Waals surface area (Å²) in [5.74, 6) is 1.55. The van der Waals surface area contributed by atoms with Gasteiger partial charge in [0.25, 0.3) is 0 Å². The Hall–Kier alpha value is -1.64. The van der Waals surface area contributed by atoms with Crippen molar-refractivity contribution in [1.82, 2.24) is 5.32 Å². The van der Waals surface area contributed by atoms with Gasteiger partial charge in [-0.05, 0) is 42.5 Å². The van der Waals surface area contributed by atoms with Gasteiger partial charge < -0.3 is 14.8 Å². The molecule has 80 valence electrons. The van der Waals surface area contributed by atoms with Crippen molar-refractivity contribution in [3.63, 3.8) is 0 Å². The molecule has 0 saturated heterocycles. The Bertz CT molecular complexity index is 399. The van der Waals surface area contributed by atoms with Gasteiger partial charge in [-0.1, -0.05) is 0 Å². The van der Waals surface area contributed by atoms with E-state index in [0.29, 0.717) is 6.04 Å². The summed E-state index contributed by atoms with van der Waals surface area (Å²) in [5.41, 5.74) is 2.41. The van der Waals surface area contributed by atoms with Crippen LogP contribution >= 0.6 is 0 Å². The predicted octanol–water partition coefficient (Wildman–Crippen LogP) is 2.34. The highest BCUT2D eigenvalue weighted by atomic mass is 16.5. The van der Waals surface area contributed by atoms with Crippen molar-refractivity contribution >= 4 is 6.08 Å². The minimum Gasteiger partial charge on any atom is -0.493 e. The number of benzene rings is 1. The maximum Gasteiger partial charge on any atom is 0.161 e. The fourth-order valence-corrected chi connectivity index (χ4v) is 1.80. The van der Waals surface area contributed by atoms with E-state index < -0.39 is 0 Å². The first kappa shape index (κ1) is 9.90. The fourth-order valence-electron chi connectivity index (χ4n) is 1.80. The fraction of sp³-hybridized carbons (Fsp3) is 0.333. The van der Waals surface area contributed by atoms with E-state index in [-0.39, 0.29) is 0 Å². The van der Waals surface area contributed by atoms with Crippen molar-refractivity contribution in [1.29, 1.82) is 0 Å². The molecule has 1 atom stereocenters. The minimum atomic E-state index is 0.310. The van der Waals surface area contributed by atoms with Crippen LogP contribution in [0, 0.1) is 0 Å². The number of hydrogen-bond acceptors (Lipinski definition) is 3. The maximum atomic E-state index is 5.27. The number of fused-ring (bicyclic) bond motifs is 1. The lowest BCUT2D eigenvalue weighted by Crippen LogP contribution is -2.16. The zero-order chi connectivity index (χ0) is 10.8. The van der Waals surface area contributed by atoms with Gasteiger partial charge in [0.2, 0.25) is 0 Å². The van der Waals surface area contributed by atoms with Gasteiger partial charge in [0.1, 0.15) is 0 Å². The Labute approximate surface area is 89.7 Å². The lowest BCUT2D eigenvalue weighted by Gasteiger charge is -2.21. The molecular weight excluding hydrogens is 190 g/mol. The molecule has 0 bridgehead atoms. The standard InChI is InChI=1S/C12H15NO2/c1-8-10-7-12(15-3)11(14-2)6-9(10)4-5-13-8/h4-8,13H,1-3H3. The molecule has 1 aliphatic heterocycles. The Morgan fingerprint density at radius 1 is 1.13 bits per heavy atom. The van der Waals surface area contributed by atoms with Crippen molar-refractivity contribution < 1.29 is 9.47 Å². The number of hydrogen-bond donors (Lipinski definition) is 1. The second-order valence-electron chi connectivity index (χ2n) is 3.56. The van der Waals surface area contributed by atoms with Gasteiger partial charge in [0, 0.05) is 6.04 Å². The van der Waals surface area contributed by atoms with Gasteiger partial charge in [0.15, 0.2) is 11.5 Å². The molecule has 2 rings (SSSR count). The van der Waals surface area contributed by atoms with Crippen LogP contribution in [0.15, 0.2) is 18.3 Å². The zero-order valence-electron chi connectivity index (χ0n) is 9.20. The summed E-state index contributed by atoms with van der Waals surface area (Å²) in [6.45, 7) is 2.12. The van der Waals surface area contributed by atoms with Crippen LogP contribution in [0.1, 0.15) is 24.1 Å². The largest absolute Gasteiger partial charge is 0.493 e. The summed E-state index contributed by atoms with van der Waals surface area (Å²) in [6.07, 6.45) is 4.00. The van der Waals surface area contributed by atoms with E-state index in [1.807, 2.05) is 24.4 Å².